The van der Waals surface area contributed by atoms with Crippen LogP contribution in [0, 0.1) is 13.8 Å². The van der Waals surface area contributed by atoms with Crippen molar-refractivity contribution < 1.29 is 19.4 Å². The highest BCUT2D eigenvalue weighted by atomic mass is 16.5. The SMILES string of the molecule is COc1ccc2c(c1)/C(=C/c1[nH]c(C)c(C(=O)O)c1C)C(=O)N2. The summed E-state index contributed by atoms with van der Waals surface area (Å²) in [6.07, 6.45) is 1.68. The number of aromatic carboxylic acids is 1. The molecule has 1 aliphatic rings. The van der Waals surface area contributed by atoms with Crippen LogP contribution in [0.15, 0.2) is 18.2 Å². The summed E-state index contributed by atoms with van der Waals surface area (Å²) < 4.78 is 5.20. The zero-order valence-electron chi connectivity index (χ0n) is 13.0. The van der Waals surface area contributed by atoms with Gasteiger partial charge in [-0.3, -0.25) is 4.79 Å². The van der Waals surface area contributed by atoms with E-state index >= 15 is 0 Å². The lowest BCUT2D eigenvalue weighted by atomic mass is 10.0. The van der Waals surface area contributed by atoms with Crippen molar-refractivity contribution >= 4 is 29.2 Å². The molecule has 1 aliphatic heterocycles. The van der Waals surface area contributed by atoms with Gasteiger partial charge in [-0.2, -0.15) is 0 Å². The van der Waals surface area contributed by atoms with Crippen molar-refractivity contribution in [3.05, 3.63) is 46.3 Å². The Balaban J connectivity index is 2.13. The number of hydrogen-bond acceptors (Lipinski definition) is 3. The minimum absolute atomic E-state index is 0.225. The van der Waals surface area contributed by atoms with Crippen LogP contribution in [0.2, 0.25) is 0 Å². The number of H-pyrrole nitrogens is 1. The van der Waals surface area contributed by atoms with Crippen LogP contribution in [0.5, 0.6) is 5.75 Å². The molecule has 1 aromatic carbocycles. The number of amides is 1. The van der Waals surface area contributed by atoms with Crippen LogP contribution in [0.4, 0.5) is 5.69 Å². The number of carbonyl (C=O) groups is 2. The zero-order chi connectivity index (χ0) is 16.7. The first-order chi connectivity index (χ1) is 10.9. The van der Waals surface area contributed by atoms with Gasteiger partial charge < -0.3 is 20.1 Å². The Morgan fingerprint density at radius 2 is 2.04 bits per heavy atom. The summed E-state index contributed by atoms with van der Waals surface area (Å²) in [7, 11) is 1.56. The van der Waals surface area contributed by atoms with Crippen LogP contribution in [0.1, 0.15) is 32.9 Å². The first kappa shape index (κ1) is 14.9. The van der Waals surface area contributed by atoms with Crippen molar-refractivity contribution in [1.82, 2.24) is 4.98 Å². The number of aromatic nitrogens is 1. The Hall–Kier alpha value is -3.02. The van der Waals surface area contributed by atoms with Gasteiger partial charge in [-0.1, -0.05) is 0 Å². The van der Waals surface area contributed by atoms with E-state index in [1.165, 1.54) is 0 Å². The van der Waals surface area contributed by atoms with Crippen LogP contribution in [-0.2, 0) is 4.79 Å². The average molecular weight is 312 g/mol. The molecule has 0 bridgehead atoms. The molecule has 1 aromatic heterocycles. The molecular weight excluding hydrogens is 296 g/mol. The molecular formula is C17H16N2O4. The predicted octanol–water partition coefficient (Wildman–Crippen LogP) is 2.83. The van der Waals surface area contributed by atoms with E-state index in [2.05, 4.69) is 10.3 Å². The summed E-state index contributed by atoms with van der Waals surface area (Å²) in [5.41, 5.74) is 3.93. The van der Waals surface area contributed by atoms with Crippen LogP contribution < -0.4 is 10.1 Å². The number of carbonyl (C=O) groups excluding carboxylic acids is 1. The summed E-state index contributed by atoms with van der Waals surface area (Å²) in [6.45, 7) is 3.42. The fourth-order valence-electron chi connectivity index (χ4n) is 2.82. The molecule has 1 amide bonds. The number of hydrogen-bond donors (Lipinski definition) is 3. The molecule has 0 saturated heterocycles. The third-order valence-corrected chi connectivity index (χ3v) is 3.99. The van der Waals surface area contributed by atoms with Crippen molar-refractivity contribution in [1.29, 1.82) is 0 Å². The van der Waals surface area contributed by atoms with Crippen LogP contribution in [-0.4, -0.2) is 29.1 Å². The quantitative estimate of drug-likeness (QED) is 0.760. The lowest BCUT2D eigenvalue weighted by Crippen LogP contribution is -2.03. The number of fused-ring (bicyclic) bond motifs is 1. The summed E-state index contributed by atoms with van der Waals surface area (Å²) in [6, 6.07) is 5.33. The number of anilines is 1. The number of ether oxygens (including phenoxy) is 1. The molecule has 2 heterocycles. The van der Waals surface area contributed by atoms with E-state index in [1.54, 1.807) is 45.2 Å². The number of carboxylic acid groups (broad SMARTS) is 1. The predicted molar refractivity (Wildman–Crippen MR) is 86.7 cm³/mol. The van der Waals surface area contributed by atoms with E-state index in [9.17, 15) is 14.7 Å². The largest absolute Gasteiger partial charge is 0.497 e. The topological polar surface area (TPSA) is 91.4 Å². The lowest BCUT2D eigenvalue weighted by Gasteiger charge is -2.03. The van der Waals surface area contributed by atoms with Crippen molar-refractivity contribution in [2.45, 2.75) is 13.8 Å². The molecule has 3 N–H and O–H groups in total. The summed E-state index contributed by atoms with van der Waals surface area (Å²) in [5, 5.41) is 12.1. The molecule has 0 spiro atoms. The molecule has 0 unspecified atom stereocenters. The van der Waals surface area contributed by atoms with Crippen LogP contribution in [0.25, 0.3) is 11.6 Å². The van der Waals surface area contributed by atoms with E-state index in [0.717, 1.165) is 5.56 Å². The van der Waals surface area contributed by atoms with Gasteiger partial charge in [0.25, 0.3) is 5.91 Å². The van der Waals surface area contributed by atoms with Gasteiger partial charge in [0.2, 0.25) is 0 Å². The van der Waals surface area contributed by atoms with Crippen molar-refractivity contribution in [3.8, 4) is 5.75 Å². The maximum Gasteiger partial charge on any atom is 0.337 e. The Morgan fingerprint density at radius 1 is 1.30 bits per heavy atom. The Labute approximate surface area is 132 Å². The van der Waals surface area contributed by atoms with Crippen molar-refractivity contribution in [3.63, 3.8) is 0 Å². The average Bonchev–Trinajstić information content (AvgIpc) is 2.96. The third-order valence-electron chi connectivity index (χ3n) is 3.99. The lowest BCUT2D eigenvalue weighted by molar-refractivity contribution is -0.110. The summed E-state index contributed by atoms with van der Waals surface area (Å²) >= 11 is 0. The number of methoxy groups -OCH3 is 1. The molecule has 0 radical (unpaired) electrons. The minimum Gasteiger partial charge on any atom is -0.497 e. The highest BCUT2D eigenvalue weighted by Gasteiger charge is 2.26. The molecule has 23 heavy (non-hydrogen) atoms. The summed E-state index contributed by atoms with van der Waals surface area (Å²) in [4.78, 5) is 26.6. The molecule has 0 fully saturated rings. The van der Waals surface area contributed by atoms with E-state index in [0.29, 0.717) is 34.0 Å². The van der Waals surface area contributed by atoms with E-state index in [-0.39, 0.29) is 11.5 Å². The van der Waals surface area contributed by atoms with Crippen LogP contribution >= 0.6 is 0 Å². The molecule has 0 saturated carbocycles. The number of carboxylic acids is 1. The maximum absolute atomic E-state index is 12.2. The molecule has 118 valence electrons. The van der Waals surface area contributed by atoms with Gasteiger partial charge >= 0.3 is 5.97 Å². The molecule has 3 rings (SSSR count). The Morgan fingerprint density at radius 3 is 2.65 bits per heavy atom. The van der Waals surface area contributed by atoms with Gasteiger partial charge in [0.1, 0.15) is 5.75 Å². The standard InChI is InChI=1S/C17H16N2O4/c1-8-14(18-9(2)15(8)17(21)22)7-12-11-6-10(23-3)4-5-13(11)19-16(12)20/h4-7,18H,1-3H3,(H,19,20)(H,21,22)/b12-7-. The smallest absolute Gasteiger partial charge is 0.337 e. The fraction of sp³-hybridized carbons (Fsp3) is 0.176. The Bertz CT molecular complexity index is 862. The molecule has 0 atom stereocenters. The monoisotopic (exact) mass is 312 g/mol. The number of benzene rings is 1. The minimum atomic E-state index is -0.987. The fourth-order valence-corrected chi connectivity index (χ4v) is 2.82. The normalized spacial score (nSPS) is 14.7. The highest BCUT2D eigenvalue weighted by molar-refractivity contribution is 6.35. The van der Waals surface area contributed by atoms with Crippen molar-refractivity contribution in [2.75, 3.05) is 12.4 Å². The van der Waals surface area contributed by atoms with Gasteiger partial charge in [0, 0.05) is 22.6 Å². The van der Waals surface area contributed by atoms with E-state index < -0.39 is 5.97 Å². The number of aromatic amines is 1. The van der Waals surface area contributed by atoms with Crippen molar-refractivity contribution in [2.24, 2.45) is 0 Å². The van der Waals surface area contributed by atoms with Gasteiger partial charge in [-0.25, -0.2) is 4.79 Å². The van der Waals surface area contributed by atoms with E-state index in [4.69, 9.17) is 4.74 Å². The van der Waals surface area contributed by atoms with Crippen LogP contribution in [0.3, 0.4) is 0 Å². The second kappa shape index (κ2) is 5.31. The first-order valence-corrected chi connectivity index (χ1v) is 7.06. The Kier molecular flexibility index (Phi) is 3.44. The second-order valence-corrected chi connectivity index (χ2v) is 5.39. The molecule has 6 heteroatoms. The van der Waals surface area contributed by atoms with Gasteiger partial charge in [-0.05, 0) is 43.7 Å². The van der Waals surface area contributed by atoms with Gasteiger partial charge in [0.15, 0.2) is 0 Å². The van der Waals surface area contributed by atoms with Gasteiger partial charge in [0.05, 0.1) is 18.2 Å². The van der Waals surface area contributed by atoms with E-state index in [1.807, 2.05) is 0 Å². The third kappa shape index (κ3) is 2.38. The molecule has 6 nitrogen and oxygen atoms in total. The second-order valence-electron chi connectivity index (χ2n) is 5.39. The first-order valence-electron chi connectivity index (χ1n) is 7.06. The number of aryl methyl sites for hydroxylation is 1. The number of nitrogens with one attached hydrogen (secondary N) is 2. The van der Waals surface area contributed by atoms with Gasteiger partial charge in [-0.15, -0.1) is 0 Å². The number of rotatable bonds is 3. The summed E-state index contributed by atoms with van der Waals surface area (Å²) in [5.74, 6) is -0.563. The maximum atomic E-state index is 12.2. The molecule has 0 aliphatic carbocycles. The highest BCUT2D eigenvalue weighted by Crippen LogP contribution is 2.36. The zero-order valence-corrected chi connectivity index (χ0v) is 13.0. The molecule has 2 aromatic rings.